The average Bonchev–Trinajstić information content (AvgIpc) is 2.79. The van der Waals surface area contributed by atoms with Gasteiger partial charge in [0.15, 0.2) is 0 Å². The first-order valence-corrected chi connectivity index (χ1v) is 12.8. The smallest absolute Gasteiger partial charge is 0.254 e. The van der Waals surface area contributed by atoms with Crippen molar-refractivity contribution in [2.24, 2.45) is 0 Å². The number of hydrogen-bond acceptors (Lipinski definition) is 2. The lowest BCUT2D eigenvalue weighted by Gasteiger charge is -2.28. The van der Waals surface area contributed by atoms with Crippen molar-refractivity contribution in [1.29, 1.82) is 0 Å². The first kappa shape index (κ1) is 28.2. The summed E-state index contributed by atoms with van der Waals surface area (Å²) in [4.78, 5) is 30.1. The van der Waals surface area contributed by atoms with E-state index in [1.165, 1.54) is 38.5 Å². The number of amides is 2. The molecule has 0 fully saturated rings. The van der Waals surface area contributed by atoms with Crippen LogP contribution in [-0.4, -0.2) is 47.8 Å². The molecule has 0 saturated heterocycles. The maximum Gasteiger partial charge on any atom is 0.254 e. The van der Waals surface area contributed by atoms with Crippen LogP contribution in [0.15, 0.2) is 12.1 Å². The SMILES string of the molecule is CCCCCCC(C)N(C)C(=O)c1ccc(C(=O)N(C)C(C)CCCCCC)c(C)c1C. The van der Waals surface area contributed by atoms with E-state index in [0.29, 0.717) is 11.1 Å². The second-order valence-electron chi connectivity index (χ2n) is 9.64. The minimum atomic E-state index is 0.0465. The summed E-state index contributed by atoms with van der Waals surface area (Å²) in [6, 6.07) is 4.11. The number of rotatable bonds is 14. The van der Waals surface area contributed by atoms with Crippen LogP contribution in [0.1, 0.15) is 124 Å². The van der Waals surface area contributed by atoms with E-state index in [1.807, 2.05) is 49.9 Å². The predicted octanol–water partition coefficient (Wildman–Crippen LogP) is 7.17. The molecule has 0 N–H and O–H groups in total. The Morgan fingerprint density at radius 1 is 0.688 bits per heavy atom. The molecule has 32 heavy (non-hydrogen) atoms. The van der Waals surface area contributed by atoms with Gasteiger partial charge in [-0.05, 0) is 63.8 Å². The molecule has 0 heterocycles. The Labute approximate surface area is 197 Å². The summed E-state index contributed by atoms with van der Waals surface area (Å²) in [7, 11) is 3.79. The quantitative estimate of drug-likeness (QED) is 0.285. The monoisotopic (exact) mass is 444 g/mol. The van der Waals surface area contributed by atoms with Crippen molar-refractivity contribution >= 4 is 11.8 Å². The maximum atomic E-state index is 13.2. The van der Waals surface area contributed by atoms with Gasteiger partial charge in [-0.25, -0.2) is 0 Å². The third kappa shape index (κ3) is 7.94. The molecule has 1 rings (SSSR count). The van der Waals surface area contributed by atoms with Crippen molar-refractivity contribution in [3.05, 3.63) is 34.4 Å². The predicted molar refractivity (Wildman–Crippen MR) is 137 cm³/mol. The van der Waals surface area contributed by atoms with Gasteiger partial charge in [0.25, 0.3) is 11.8 Å². The van der Waals surface area contributed by atoms with Crippen LogP contribution in [0.25, 0.3) is 0 Å². The fourth-order valence-electron chi connectivity index (χ4n) is 4.18. The Balaban J connectivity index is 2.87. The van der Waals surface area contributed by atoms with E-state index < -0.39 is 0 Å². The van der Waals surface area contributed by atoms with Gasteiger partial charge in [0.2, 0.25) is 0 Å². The number of benzene rings is 1. The number of hydrogen-bond donors (Lipinski definition) is 0. The zero-order valence-corrected chi connectivity index (χ0v) is 22.1. The van der Waals surface area contributed by atoms with Crippen LogP contribution in [0, 0.1) is 13.8 Å². The summed E-state index contributed by atoms with van der Waals surface area (Å²) >= 11 is 0. The lowest BCUT2D eigenvalue weighted by molar-refractivity contribution is 0.0721. The van der Waals surface area contributed by atoms with Crippen LogP contribution in [0.5, 0.6) is 0 Å². The standard InChI is InChI=1S/C28H48N2O2/c1-9-11-13-15-17-21(3)29(7)27(31)25-19-20-26(24(6)23(25)5)28(32)30(8)22(4)18-16-14-12-10-2/h19-22H,9-18H2,1-8H3. The van der Waals surface area contributed by atoms with Crippen molar-refractivity contribution in [3.63, 3.8) is 0 Å². The van der Waals surface area contributed by atoms with Gasteiger partial charge in [0.05, 0.1) is 0 Å². The number of nitrogens with zero attached hydrogens (tertiary/aromatic N) is 2. The molecule has 1 aromatic rings. The van der Waals surface area contributed by atoms with Gasteiger partial charge >= 0.3 is 0 Å². The van der Waals surface area contributed by atoms with E-state index in [0.717, 1.165) is 36.8 Å². The molecule has 4 heteroatoms. The van der Waals surface area contributed by atoms with E-state index in [1.54, 1.807) is 0 Å². The zero-order valence-electron chi connectivity index (χ0n) is 22.1. The Bertz CT molecular complexity index is 667. The largest absolute Gasteiger partial charge is 0.339 e. The molecule has 0 aliphatic rings. The third-order valence-electron chi connectivity index (χ3n) is 7.16. The summed E-state index contributed by atoms with van der Waals surface area (Å²) in [6.07, 6.45) is 11.8. The highest BCUT2D eigenvalue weighted by Crippen LogP contribution is 2.23. The molecule has 2 amide bonds. The van der Waals surface area contributed by atoms with Gasteiger partial charge in [0.1, 0.15) is 0 Å². The highest BCUT2D eigenvalue weighted by molar-refractivity contribution is 6.00. The molecule has 0 aliphatic carbocycles. The van der Waals surface area contributed by atoms with Crippen molar-refractivity contribution in [3.8, 4) is 0 Å². The molecule has 182 valence electrons. The van der Waals surface area contributed by atoms with Crippen LogP contribution in [0.2, 0.25) is 0 Å². The number of carbonyl (C=O) groups excluding carboxylic acids is 2. The molecule has 0 radical (unpaired) electrons. The fraction of sp³-hybridized carbons (Fsp3) is 0.714. The topological polar surface area (TPSA) is 40.6 Å². The third-order valence-corrected chi connectivity index (χ3v) is 7.16. The Morgan fingerprint density at radius 2 is 1.03 bits per heavy atom. The summed E-state index contributed by atoms with van der Waals surface area (Å²) in [5.41, 5.74) is 3.24. The molecule has 2 atom stereocenters. The normalized spacial score (nSPS) is 13.0. The number of unbranched alkanes of at least 4 members (excludes halogenated alkanes) is 6. The van der Waals surface area contributed by atoms with Gasteiger partial charge in [0, 0.05) is 37.3 Å². The van der Waals surface area contributed by atoms with E-state index in [2.05, 4.69) is 27.7 Å². The van der Waals surface area contributed by atoms with Crippen LogP contribution in [-0.2, 0) is 0 Å². The summed E-state index contributed by atoms with van der Waals surface area (Å²) in [5.74, 6) is 0.0930. The van der Waals surface area contributed by atoms with Crippen LogP contribution < -0.4 is 0 Å². The highest BCUT2D eigenvalue weighted by Gasteiger charge is 2.24. The summed E-state index contributed by atoms with van der Waals surface area (Å²) in [6.45, 7) is 12.6. The van der Waals surface area contributed by atoms with Gasteiger partial charge in [-0.15, -0.1) is 0 Å². The average molecular weight is 445 g/mol. The van der Waals surface area contributed by atoms with Crippen LogP contribution in [0.4, 0.5) is 0 Å². The van der Waals surface area contributed by atoms with Crippen LogP contribution in [0.3, 0.4) is 0 Å². The molecule has 0 aliphatic heterocycles. The molecular formula is C28H48N2O2. The van der Waals surface area contributed by atoms with E-state index >= 15 is 0 Å². The lowest BCUT2D eigenvalue weighted by atomic mass is 9.95. The minimum Gasteiger partial charge on any atom is -0.339 e. The second kappa shape index (κ2) is 14.3. The van der Waals surface area contributed by atoms with Gasteiger partial charge in [-0.2, -0.15) is 0 Å². The molecule has 0 aromatic heterocycles. The summed E-state index contributed by atoms with van der Waals surface area (Å²) in [5, 5.41) is 0. The molecular weight excluding hydrogens is 396 g/mol. The summed E-state index contributed by atoms with van der Waals surface area (Å²) < 4.78 is 0. The molecule has 4 nitrogen and oxygen atoms in total. The highest BCUT2D eigenvalue weighted by atomic mass is 16.2. The first-order valence-electron chi connectivity index (χ1n) is 12.8. The molecule has 2 unspecified atom stereocenters. The second-order valence-corrected chi connectivity index (χ2v) is 9.64. The number of carbonyl (C=O) groups is 2. The Kier molecular flexibility index (Phi) is 12.6. The van der Waals surface area contributed by atoms with E-state index in [-0.39, 0.29) is 23.9 Å². The minimum absolute atomic E-state index is 0.0465. The van der Waals surface area contributed by atoms with Crippen molar-refractivity contribution in [2.75, 3.05) is 14.1 Å². The van der Waals surface area contributed by atoms with Crippen LogP contribution >= 0.6 is 0 Å². The van der Waals surface area contributed by atoms with E-state index in [9.17, 15) is 9.59 Å². The lowest BCUT2D eigenvalue weighted by Crippen LogP contribution is -2.36. The molecule has 0 bridgehead atoms. The maximum absolute atomic E-state index is 13.2. The Hall–Kier alpha value is -1.84. The molecule has 0 saturated carbocycles. The van der Waals surface area contributed by atoms with Gasteiger partial charge < -0.3 is 9.80 Å². The molecule has 0 spiro atoms. The van der Waals surface area contributed by atoms with E-state index in [4.69, 9.17) is 0 Å². The van der Waals surface area contributed by atoms with Crippen molar-refractivity contribution in [2.45, 2.75) is 118 Å². The molecule has 1 aromatic carbocycles. The zero-order chi connectivity index (χ0) is 24.3. The first-order chi connectivity index (χ1) is 15.2. The van der Waals surface area contributed by atoms with Gasteiger partial charge in [-0.1, -0.05) is 65.2 Å². The fourth-order valence-corrected chi connectivity index (χ4v) is 4.18. The van der Waals surface area contributed by atoms with Gasteiger partial charge in [-0.3, -0.25) is 9.59 Å². The van der Waals surface area contributed by atoms with Crippen molar-refractivity contribution in [1.82, 2.24) is 9.80 Å². The Morgan fingerprint density at radius 3 is 1.34 bits per heavy atom. The van der Waals surface area contributed by atoms with Crippen molar-refractivity contribution < 1.29 is 9.59 Å².